The van der Waals surface area contributed by atoms with E-state index >= 15 is 0 Å². The number of hydrogen-bond donors (Lipinski definition) is 1. The van der Waals surface area contributed by atoms with Gasteiger partial charge in [0.1, 0.15) is 0 Å². The lowest BCUT2D eigenvalue weighted by Gasteiger charge is -2.12. The predicted octanol–water partition coefficient (Wildman–Crippen LogP) is 4.38. The zero-order valence-corrected chi connectivity index (χ0v) is 15.8. The largest absolute Gasteiger partial charge is 0.478 e. The lowest BCUT2D eigenvalue weighted by Crippen LogP contribution is -2.10. The maximum atomic E-state index is 11.8. The molecule has 0 heterocycles. The summed E-state index contributed by atoms with van der Waals surface area (Å²) in [5.41, 5.74) is 1.70. The van der Waals surface area contributed by atoms with Gasteiger partial charge in [-0.2, -0.15) is 0 Å². The zero-order valence-electron chi connectivity index (χ0n) is 15.8. The van der Waals surface area contributed by atoms with Crippen LogP contribution in [0.15, 0.2) is 36.9 Å². The fourth-order valence-corrected chi connectivity index (χ4v) is 1.98. The SMILES string of the molecule is C=CC(=O)O.CC(C)CCCCCOC(=O)c1ccc(N(C)C)cc1. The molecule has 1 N–H and O–H groups in total. The van der Waals surface area contributed by atoms with E-state index < -0.39 is 5.97 Å². The third-order valence-electron chi connectivity index (χ3n) is 3.45. The molecule has 0 fully saturated rings. The Morgan fingerprint density at radius 1 is 1.16 bits per heavy atom. The molecule has 5 nitrogen and oxygen atoms in total. The van der Waals surface area contributed by atoms with Gasteiger partial charge >= 0.3 is 11.9 Å². The van der Waals surface area contributed by atoms with Gasteiger partial charge in [-0.1, -0.05) is 39.7 Å². The van der Waals surface area contributed by atoms with Crippen molar-refractivity contribution in [3.8, 4) is 0 Å². The van der Waals surface area contributed by atoms with Crippen LogP contribution in [0.5, 0.6) is 0 Å². The van der Waals surface area contributed by atoms with Crippen LogP contribution >= 0.6 is 0 Å². The summed E-state index contributed by atoms with van der Waals surface area (Å²) in [5, 5.41) is 7.60. The number of esters is 1. The van der Waals surface area contributed by atoms with Crippen molar-refractivity contribution in [1.29, 1.82) is 0 Å². The van der Waals surface area contributed by atoms with Gasteiger partial charge in [-0.15, -0.1) is 0 Å². The summed E-state index contributed by atoms with van der Waals surface area (Å²) in [4.78, 5) is 23.1. The molecule has 1 aromatic carbocycles. The second-order valence-corrected chi connectivity index (χ2v) is 6.36. The molecule has 0 spiro atoms. The summed E-state index contributed by atoms with van der Waals surface area (Å²) in [6.45, 7) is 7.95. The number of benzene rings is 1. The van der Waals surface area contributed by atoms with Crippen molar-refractivity contribution in [1.82, 2.24) is 0 Å². The standard InChI is InChI=1S/C17H27NO2.C3H4O2/c1-14(2)8-6-5-7-13-20-17(19)15-9-11-16(12-10-15)18(3)4;1-2-3(4)5/h9-12,14H,5-8,13H2,1-4H3;2H,1H2,(H,4,5). The molecule has 0 aliphatic rings. The molecule has 1 rings (SSSR count). The first-order valence-electron chi connectivity index (χ1n) is 8.57. The maximum Gasteiger partial charge on any atom is 0.338 e. The fourth-order valence-electron chi connectivity index (χ4n) is 1.98. The van der Waals surface area contributed by atoms with E-state index in [4.69, 9.17) is 9.84 Å². The maximum absolute atomic E-state index is 11.8. The quantitative estimate of drug-likeness (QED) is 0.407. The van der Waals surface area contributed by atoms with Crippen molar-refractivity contribution >= 4 is 17.6 Å². The number of anilines is 1. The Balaban J connectivity index is 0.00000101. The number of aliphatic carboxylic acids is 1. The average molecular weight is 349 g/mol. The lowest BCUT2D eigenvalue weighted by molar-refractivity contribution is -0.131. The number of rotatable bonds is 9. The van der Waals surface area contributed by atoms with E-state index in [9.17, 15) is 9.59 Å². The second-order valence-electron chi connectivity index (χ2n) is 6.36. The van der Waals surface area contributed by atoms with Crippen molar-refractivity contribution in [2.24, 2.45) is 5.92 Å². The van der Waals surface area contributed by atoms with E-state index in [2.05, 4.69) is 20.4 Å². The first-order chi connectivity index (χ1) is 11.8. The molecule has 1 aromatic rings. The number of hydrogen-bond acceptors (Lipinski definition) is 4. The number of unbranched alkanes of at least 4 members (excludes halogenated alkanes) is 2. The molecule has 0 aliphatic carbocycles. The number of carboxylic acids is 1. The van der Waals surface area contributed by atoms with Gasteiger partial charge in [-0.05, 0) is 36.6 Å². The molecule has 0 saturated heterocycles. The minimum atomic E-state index is -0.981. The minimum absolute atomic E-state index is 0.223. The Morgan fingerprint density at radius 3 is 2.16 bits per heavy atom. The minimum Gasteiger partial charge on any atom is -0.478 e. The van der Waals surface area contributed by atoms with Crippen LogP contribution in [0.4, 0.5) is 5.69 Å². The predicted molar refractivity (Wildman–Crippen MR) is 102 cm³/mol. The molecule has 0 aliphatic heterocycles. The molecule has 0 aromatic heterocycles. The van der Waals surface area contributed by atoms with E-state index in [1.54, 1.807) is 0 Å². The molecule has 0 bridgehead atoms. The van der Waals surface area contributed by atoms with Crippen LogP contribution in [0.3, 0.4) is 0 Å². The second kappa shape index (κ2) is 13.0. The van der Waals surface area contributed by atoms with Gasteiger partial charge in [0, 0.05) is 25.9 Å². The van der Waals surface area contributed by atoms with E-state index in [1.165, 1.54) is 12.8 Å². The molecule has 0 radical (unpaired) electrons. The van der Waals surface area contributed by atoms with Gasteiger partial charge in [-0.25, -0.2) is 9.59 Å². The monoisotopic (exact) mass is 349 g/mol. The van der Waals surface area contributed by atoms with Crippen molar-refractivity contribution in [3.63, 3.8) is 0 Å². The molecule has 25 heavy (non-hydrogen) atoms. The number of nitrogens with zero attached hydrogens (tertiary/aromatic N) is 1. The van der Waals surface area contributed by atoms with Gasteiger partial charge in [0.05, 0.1) is 12.2 Å². The van der Waals surface area contributed by atoms with E-state index in [0.29, 0.717) is 12.2 Å². The van der Waals surface area contributed by atoms with Crippen LogP contribution in [-0.4, -0.2) is 37.7 Å². The van der Waals surface area contributed by atoms with Crippen molar-refractivity contribution < 1.29 is 19.4 Å². The van der Waals surface area contributed by atoms with Crippen LogP contribution in [0.1, 0.15) is 49.9 Å². The summed E-state index contributed by atoms with van der Waals surface area (Å²) in [6, 6.07) is 7.49. The summed E-state index contributed by atoms with van der Waals surface area (Å²) in [7, 11) is 3.95. The highest BCUT2D eigenvalue weighted by molar-refractivity contribution is 5.89. The number of carbonyl (C=O) groups excluding carboxylic acids is 1. The molecule has 0 unspecified atom stereocenters. The molecule has 0 atom stereocenters. The van der Waals surface area contributed by atoms with Gasteiger partial charge in [-0.3, -0.25) is 0 Å². The lowest BCUT2D eigenvalue weighted by atomic mass is 10.1. The number of carbonyl (C=O) groups is 2. The van der Waals surface area contributed by atoms with Gasteiger partial charge in [0.15, 0.2) is 0 Å². The highest BCUT2D eigenvalue weighted by atomic mass is 16.5. The molecule has 0 saturated carbocycles. The first-order valence-corrected chi connectivity index (χ1v) is 8.57. The van der Waals surface area contributed by atoms with Crippen molar-refractivity contribution in [2.75, 3.05) is 25.6 Å². The highest BCUT2D eigenvalue weighted by Gasteiger charge is 2.07. The summed E-state index contributed by atoms with van der Waals surface area (Å²) < 4.78 is 5.28. The normalized spacial score (nSPS) is 9.80. The Kier molecular flexibility index (Phi) is 11.8. The third-order valence-corrected chi connectivity index (χ3v) is 3.45. The van der Waals surface area contributed by atoms with Crippen LogP contribution in [-0.2, 0) is 9.53 Å². The molecule has 140 valence electrons. The first kappa shape index (κ1) is 22.7. The summed E-state index contributed by atoms with van der Waals surface area (Å²) >= 11 is 0. The Hall–Kier alpha value is -2.30. The molecule has 0 amide bonds. The topological polar surface area (TPSA) is 66.8 Å². The number of carboxylic acid groups (broad SMARTS) is 1. The zero-order chi connectivity index (χ0) is 19.2. The van der Waals surface area contributed by atoms with Crippen LogP contribution in [0.25, 0.3) is 0 Å². The van der Waals surface area contributed by atoms with E-state index in [1.807, 2.05) is 43.3 Å². The molecular formula is C20H31NO4. The number of ether oxygens (including phenoxy) is 1. The molecular weight excluding hydrogens is 318 g/mol. The van der Waals surface area contributed by atoms with Gasteiger partial charge in [0.25, 0.3) is 0 Å². The fraction of sp³-hybridized carbons (Fsp3) is 0.500. The average Bonchev–Trinajstić information content (AvgIpc) is 2.58. The highest BCUT2D eigenvalue weighted by Crippen LogP contribution is 2.13. The third kappa shape index (κ3) is 11.8. The van der Waals surface area contributed by atoms with Gasteiger partial charge in [0.2, 0.25) is 0 Å². The smallest absolute Gasteiger partial charge is 0.338 e. The Morgan fingerprint density at radius 2 is 1.72 bits per heavy atom. The van der Waals surface area contributed by atoms with Crippen molar-refractivity contribution in [2.45, 2.75) is 39.5 Å². The van der Waals surface area contributed by atoms with Crippen LogP contribution < -0.4 is 4.90 Å². The van der Waals surface area contributed by atoms with Crippen LogP contribution in [0, 0.1) is 5.92 Å². The Bertz CT molecular complexity index is 521. The van der Waals surface area contributed by atoms with Crippen LogP contribution in [0.2, 0.25) is 0 Å². The Labute approximate surface area is 151 Å². The van der Waals surface area contributed by atoms with E-state index in [-0.39, 0.29) is 5.97 Å². The van der Waals surface area contributed by atoms with E-state index in [0.717, 1.165) is 30.5 Å². The van der Waals surface area contributed by atoms with Crippen molar-refractivity contribution in [3.05, 3.63) is 42.5 Å². The molecule has 5 heteroatoms. The summed E-state index contributed by atoms with van der Waals surface area (Å²) in [6.07, 6.45) is 5.38. The van der Waals surface area contributed by atoms with Gasteiger partial charge < -0.3 is 14.7 Å². The summed E-state index contributed by atoms with van der Waals surface area (Å²) in [5.74, 6) is -0.447.